The summed E-state index contributed by atoms with van der Waals surface area (Å²) in [7, 11) is 1.52. The number of rotatable bonds is 2. The van der Waals surface area contributed by atoms with E-state index in [2.05, 4.69) is 31.4 Å². The van der Waals surface area contributed by atoms with Gasteiger partial charge in [0.1, 0.15) is 10.3 Å². The Morgan fingerprint density at radius 2 is 1.97 bits per heavy atom. The van der Waals surface area contributed by atoms with Crippen LogP contribution in [-0.4, -0.2) is 27.6 Å². The molecule has 0 unspecified atom stereocenters. The third kappa shape index (κ3) is 2.77. The molecule has 10 heteroatoms. The number of nitrogens with one attached hydrogen (secondary N) is 1. The first kappa shape index (κ1) is 18.3. The van der Waals surface area contributed by atoms with Crippen molar-refractivity contribution in [3.63, 3.8) is 0 Å². The Kier molecular flexibility index (Phi) is 4.19. The van der Waals surface area contributed by atoms with Crippen molar-refractivity contribution in [3.05, 3.63) is 66.3 Å². The maximum Gasteiger partial charge on any atom is 0.277 e. The number of carbonyl (C=O) groups excluding carboxylic acids is 1. The van der Waals surface area contributed by atoms with Gasteiger partial charge in [0.05, 0.1) is 18.2 Å². The lowest BCUT2D eigenvalue weighted by atomic mass is 10.1. The molecule has 3 heterocycles. The molecule has 29 heavy (non-hydrogen) atoms. The van der Waals surface area contributed by atoms with Gasteiger partial charge in [0.25, 0.3) is 11.5 Å². The molecule has 0 spiro atoms. The van der Waals surface area contributed by atoms with Crippen molar-refractivity contribution in [2.24, 2.45) is 0 Å². The van der Waals surface area contributed by atoms with Gasteiger partial charge >= 0.3 is 0 Å². The Morgan fingerprint density at radius 3 is 2.76 bits per heavy atom. The number of fused-ring (bicyclic) bond motifs is 2. The highest BCUT2D eigenvalue weighted by Crippen LogP contribution is 2.34. The van der Waals surface area contributed by atoms with E-state index < -0.39 is 0 Å². The zero-order valence-corrected chi connectivity index (χ0v) is 17.9. The predicted molar refractivity (Wildman–Crippen MR) is 115 cm³/mol. The molecule has 5 rings (SSSR count). The summed E-state index contributed by atoms with van der Waals surface area (Å²) in [6.07, 6.45) is 0. The number of hydrogen-bond donors (Lipinski definition) is 1. The van der Waals surface area contributed by atoms with Crippen LogP contribution in [0.1, 0.15) is 5.56 Å². The summed E-state index contributed by atoms with van der Waals surface area (Å²) in [6, 6.07) is 10.5. The molecule has 2 aromatic heterocycles. The zero-order valence-electron chi connectivity index (χ0n) is 14.7. The number of nitrogens with zero attached hydrogens (tertiary/aromatic N) is 3. The van der Waals surface area contributed by atoms with Crippen LogP contribution in [0.5, 0.6) is 5.75 Å². The van der Waals surface area contributed by atoms with Crippen molar-refractivity contribution in [2.75, 3.05) is 12.4 Å². The van der Waals surface area contributed by atoms with Crippen LogP contribution >= 0.6 is 38.9 Å². The SMILES string of the molecule is COc1ccc(Cl)cc1-c1nnc2sc(=C3C(=O)Nc4ccc(Br)cc43)c(=O)n12. The second-order valence-corrected chi connectivity index (χ2v) is 8.57. The fourth-order valence-electron chi connectivity index (χ4n) is 3.31. The number of amides is 1. The van der Waals surface area contributed by atoms with Gasteiger partial charge in [-0.1, -0.05) is 38.9 Å². The van der Waals surface area contributed by atoms with Gasteiger partial charge < -0.3 is 10.1 Å². The standard InChI is InChI=1S/C19H10BrClN4O3S/c1-28-13-5-3-9(21)7-11(13)16-23-24-19-25(16)18(27)15(29-19)14-10-6-8(20)2-4-12(10)22-17(14)26/h2-7H,1H3,(H,22,26). The first-order valence-electron chi connectivity index (χ1n) is 8.35. The van der Waals surface area contributed by atoms with E-state index in [1.54, 1.807) is 24.3 Å². The molecule has 0 bridgehead atoms. The second kappa shape index (κ2) is 6.65. The number of methoxy groups -OCH3 is 1. The maximum atomic E-state index is 13.3. The summed E-state index contributed by atoms with van der Waals surface area (Å²) in [5.41, 5.74) is 1.82. The lowest BCUT2D eigenvalue weighted by Gasteiger charge is -2.06. The topological polar surface area (TPSA) is 85.6 Å². The van der Waals surface area contributed by atoms with Gasteiger partial charge in [0.15, 0.2) is 5.82 Å². The smallest absolute Gasteiger partial charge is 0.277 e. The minimum atomic E-state index is -0.370. The minimum absolute atomic E-state index is 0.298. The van der Waals surface area contributed by atoms with E-state index in [4.69, 9.17) is 16.3 Å². The van der Waals surface area contributed by atoms with E-state index in [0.717, 1.165) is 15.8 Å². The van der Waals surface area contributed by atoms with E-state index in [-0.39, 0.29) is 11.5 Å². The van der Waals surface area contributed by atoms with Crippen LogP contribution in [0.25, 0.3) is 21.9 Å². The predicted octanol–water partition coefficient (Wildman–Crippen LogP) is 3.11. The van der Waals surface area contributed by atoms with E-state index in [1.807, 2.05) is 12.1 Å². The quantitative estimate of drug-likeness (QED) is 0.468. The lowest BCUT2D eigenvalue weighted by Crippen LogP contribution is -2.28. The van der Waals surface area contributed by atoms with Crippen LogP contribution in [0.2, 0.25) is 5.02 Å². The number of hydrogen-bond acceptors (Lipinski definition) is 6. The first-order chi connectivity index (χ1) is 14.0. The van der Waals surface area contributed by atoms with Crippen LogP contribution in [0.15, 0.2) is 45.7 Å². The molecule has 144 valence electrons. The van der Waals surface area contributed by atoms with Crippen molar-refractivity contribution in [3.8, 4) is 17.1 Å². The average molecular weight is 490 g/mol. The van der Waals surface area contributed by atoms with Gasteiger partial charge in [-0.2, -0.15) is 0 Å². The summed E-state index contributed by atoms with van der Waals surface area (Å²) in [5, 5.41) is 11.6. The second-order valence-electron chi connectivity index (χ2n) is 6.24. The highest BCUT2D eigenvalue weighted by Gasteiger charge is 2.28. The van der Waals surface area contributed by atoms with Crippen LogP contribution in [0.4, 0.5) is 5.69 Å². The van der Waals surface area contributed by atoms with Crippen molar-refractivity contribution in [1.82, 2.24) is 14.6 Å². The fraction of sp³-hybridized carbons (Fsp3) is 0.0526. The van der Waals surface area contributed by atoms with E-state index in [1.165, 1.54) is 11.5 Å². The van der Waals surface area contributed by atoms with E-state index in [9.17, 15) is 9.59 Å². The number of thiazole rings is 1. The van der Waals surface area contributed by atoms with Gasteiger partial charge in [0, 0.05) is 20.7 Å². The third-order valence-corrected chi connectivity index (χ3v) is 6.34. The Hall–Kier alpha value is -2.75. The number of benzene rings is 2. The molecule has 1 N–H and O–H groups in total. The number of anilines is 1. The van der Waals surface area contributed by atoms with Crippen LogP contribution in [-0.2, 0) is 4.79 Å². The Balaban J connectivity index is 1.84. The van der Waals surface area contributed by atoms with Crippen LogP contribution in [0.3, 0.4) is 0 Å². The highest BCUT2D eigenvalue weighted by molar-refractivity contribution is 9.10. The van der Waals surface area contributed by atoms with Gasteiger partial charge in [-0.25, -0.2) is 4.40 Å². The molecule has 0 saturated heterocycles. The monoisotopic (exact) mass is 488 g/mol. The molecular weight excluding hydrogens is 480 g/mol. The molecule has 7 nitrogen and oxygen atoms in total. The van der Waals surface area contributed by atoms with Crippen LogP contribution in [0, 0.1) is 0 Å². The van der Waals surface area contributed by atoms with Gasteiger partial charge in [-0.15, -0.1) is 10.2 Å². The third-order valence-electron chi connectivity index (χ3n) is 4.58. The maximum absolute atomic E-state index is 13.3. The number of aromatic nitrogens is 3. The lowest BCUT2D eigenvalue weighted by molar-refractivity contribution is -0.110. The molecule has 0 saturated carbocycles. The number of halogens is 2. The highest BCUT2D eigenvalue weighted by atomic mass is 79.9. The Morgan fingerprint density at radius 1 is 1.14 bits per heavy atom. The van der Waals surface area contributed by atoms with E-state index in [0.29, 0.717) is 48.5 Å². The Labute approximate surface area is 180 Å². The number of carbonyl (C=O) groups is 1. The molecule has 2 aromatic carbocycles. The van der Waals surface area contributed by atoms with Gasteiger partial charge in [-0.05, 0) is 36.4 Å². The Bertz CT molecular complexity index is 1450. The molecular formula is C19H10BrClN4O3S. The van der Waals surface area contributed by atoms with E-state index >= 15 is 0 Å². The molecule has 1 aliphatic rings. The van der Waals surface area contributed by atoms with Gasteiger partial charge in [0.2, 0.25) is 4.96 Å². The molecule has 1 aliphatic heterocycles. The molecule has 1 amide bonds. The van der Waals surface area contributed by atoms with Crippen molar-refractivity contribution >= 4 is 61.0 Å². The summed E-state index contributed by atoms with van der Waals surface area (Å²) < 4.78 is 7.87. The molecule has 0 radical (unpaired) electrons. The minimum Gasteiger partial charge on any atom is -0.496 e. The largest absolute Gasteiger partial charge is 0.496 e. The fourth-order valence-corrected chi connectivity index (χ4v) is 4.85. The molecule has 0 atom stereocenters. The summed E-state index contributed by atoms with van der Waals surface area (Å²) >= 11 is 10.7. The molecule has 4 aromatic rings. The zero-order chi connectivity index (χ0) is 20.3. The van der Waals surface area contributed by atoms with Crippen molar-refractivity contribution < 1.29 is 9.53 Å². The van der Waals surface area contributed by atoms with Crippen LogP contribution < -0.4 is 20.1 Å². The van der Waals surface area contributed by atoms with Crippen molar-refractivity contribution in [1.29, 1.82) is 0 Å². The summed E-state index contributed by atoms with van der Waals surface area (Å²) in [4.78, 5) is 26.3. The number of ether oxygens (including phenoxy) is 1. The average Bonchev–Trinajstić information content (AvgIpc) is 3.34. The molecule has 0 fully saturated rings. The first-order valence-corrected chi connectivity index (χ1v) is 10.3. The summed E-state index contributed by atoms with van der Waals surface area (Å²) in [6.45, 7) is 0. The van der Waals surface area contributed by atoms with Crippen molar-refractivity contribution in [2.45, 2.75) is 0 Å². The summed E-state index contributed by atoms with van der Waals surface area (Å²) in [5.74, 6) is 0.492. The normalized spacial score (nSPS) is 14.9. The molecule has 0 aliphatic carbocycles. The van der Waals surface area contributed by atoms with Gasteiger partial charge in [-0.3, -0.25) is 9.59 Å².